The second kappa shape index (κ2) is 5.07. The molecule has 2 aliphatic rings. The average molecular weight is 275 g/mol. The topological polar surface area (TPSA) is 26.0 Å². The highest BCUT2D eigenvalue weighted by Crippen LogP contribution is 2.39. The Labute approximate surface area is 126 Å². The van der Waals surface area contributed by atoms with Gasteiger partial charge < -0.3 is 5.73 Å². The van der Waals surface area contributed by atoms with Gasteiger partial charge in [-0.25, -0.2) is 0 Å². The van der Waals surface area contributed by atoms with Gasteiger partial charge in [0.2, 0.25) is 0 Å². The van der Waals surface area contributed by atoms with Crippen LogP contribution in [0.3, 0.4) is 0 Å². The molecule has 2 aliphatic carbocycles. The van der Waals surface area contributed by atoms with Crippen molar-refractivity contribution in [2.45, 2.75) is 38.0 Å². The van der Waals surface area contributed by atoms with Gasteiger partial charge in [-0.3, -0.25) is 0 Å². The molecule has 0 bridgehead atoms. The SMILES string of the molecule is Nc1ccc2c(c1)CC/C2=C\C1CCCc2ccccc21. The molecule has 1 heteroatoms. The van der Waals surface area contributed by atoms with Gasteiger partial charge in [0.1, 0.15) is 0 Å². The van der Waals surface area contributed by atoms with Crippen molar-refractivity contribution in [1.82, 2.24) is 0 Å². The molecule has 106 valence electrons. The van der Waals surface area contributed by atoms with E-state index in [4.69, 9.17) is 5.73 Å². The van der Waals surface area contributed by atoms with E-state index in [9.17, 15) is 0 Å². The first-order valence-corrected chi connectivity index (χ1v) is 7.98. The van der Waals surface area contributed by atoms with Crippen LogP contribution in [0.5, 0.6) is 0 Å². The minimum Gasteiger partial charge on any atom is -0.399 e. The zero-order valence-corrected chi connectivity index (χ0v) is 12.3. The Morgan fingerprint density at radius 1 is 0.952 bits per heavy atom. The lowest BCUT2D eigenvalue weighted by Gasteiger charge is -2.23. The van der Waals surface area contributed by atoms with Crippen molar-refractivity contribution in [3.63, 3.8) is 0 Å². The summed E-state index contributed by atoms with van der Waals surface area (Å²) in [6.07, 6.45) is 8.66. The Balaban J connectivity index is 1.72. The number of hydrogen-bond donors (Lipinski definition) is 1. The normalized spacial score (nSPS) is 22.1. The number of nitrogens with two attached hydrogens (primary N) is 1. The minimum atomic E-state index is 0.591. The van der Waals surface area contributed by atoms with Crippen molar-refractivity contribution >= 4 is 11.3 Å². The first-order chi connectivity index (χ1) is 10.3. The lowest BCUT2D eigenvalue weighted by atomic mass is 9.81. The molecule has 0 spiro atoms. The number of benzene rings is 2. The molecule has 1 atom stereocenters. The van der Waals surface area contributed by atoms with Gasteiger partial charge in [-0.15, -0.1) is 0 Å². The minimum absolute atomic E-state index is 0.591. The summed E-state index contributed by atoms with van der Waals surface area (Å²) in [6.45, 7) is 0. The van der Waals surface area contributed by atoms with Crippen LogP contribution in [0.2, 0.25) is 0 Å². The van der Waals surface area contributed by atoms with Gasteiger partial charge in [0.25, 0.3) is 0 Å². The zero-order chi connectivity index (χ0) is 14.2. The highest BCUT2D eigenvalue weighted by atomic mass is 14.5. The quantitative estimate of drug-likeness (QED) is 0.749. The molecule has 2 N–H and O–H groups in total. The molecule has 1 nitrogen and oxygen atoms in total. The number of rotatable bonds is 1. The largest absolute Gasteiger partial charge is 0.399 e. The molecular weight excluding hydrogens is 254 g/mol. The van der Waals surface area contributed by atoms with E-state index in [0.717, 1.165) is 18.5 Å². The van der Waals surface area contributed by atoms with Crippen LogP contribution >= 0.6 is 0 Å². The van der Waals surface area contributed by atoms with Crippen LogP contribution in [0.25, 0.3) is 5.57 Å². The Morgan fingerprint density at radius 2 is 1.86 bits per heavy atom. The van der Waals surface area contributed by atoms with E-state index in [1.807, 2.05) is 6.07 Å². The molecule has 0 fully saturated rings. The zero-order valence-electron chi connectivity index (χ0n) is 12.3. The molecule has 0 heterocycles. The standard InChI is InChI=1S/C20H21N/c21-18-10-11-20-16(8-9-17(20)13-18)12-15-6-3-5-14-4-1-2-7-19(14)15/h1-2,4,7,10-13,15H,3,5-6,8-9,21H2/b16-12+. The summed E-state index contributed by atoms with van der Waals surface area (Å²) in [5, 5.41) is 0. The van der Waals surface area contributed by atoms with E-state index >= 15 is 0 Å². The fraction of sp³-hybridized carbons (Fsp3) is 0.300. The Morgan fingerprint density at radius 3 is 2.81 bits per heavy atom. The molecule has 0 amide bonds. The van der Waals surface area contributed by atoms with Gasteiger partial charge >= 0.3 is 0 Å². The number of nitrogen functional groups attached to an aromatic ring is 1. The van der Waals surface area contributed by atoms with E-state index < -0.39 is 0 Å². The van der Waals surface area contributed by atoms with Gasteiger partial charge in [0, 0.05) is 11.6 Å². The van der Waals surface area contributed by atoms with Gasteiger partial charge in [-0.1, -0.05) is 36.4 Å². The summed E-state index contributed by atoms with van der Waals surface area (Å²) in [6, 6.07) is 15.3. The molecule has 0 aliphatic heterocycles. The van der Waals surface area contributed by atoms with Gasteiger partial charge in [0.15, 0.2) is 0 Å². The van der Waals surface area contributed by atoms with Crippen LogP contribution in [0, 0.1) is 0 Å². The fourth-order valence-corrected chi connectivity index (χ4v) is 3.92. The maximum Gasteiger partial charge on any atom is 0.0317 e. The van der Waals surface area contributed by atoms with E-state index in [0.29, 0.717) is 5.92 Å². The first kappa shape index (κ1) is 12.7. The van der Waals surface area contributed by atoms with Gasteiger partial charge in [-0.2, -0.15) is 0 Å². The maximum atomic E-state index is 5.90. The fourth-order valence-electron chi connectivity index (χ4n) is 3.92. The van der Waals surface area contributed by atoms with Crippen LogP contribution < -0.4 is 5.73 Å². The predicted octanol–water partition coefficient (Wildman–Crippen LogP) is 4.72. The number of fused-ring (bicyclic) bond motifs is 2. The number of allylic oxidation sites excluding steroid dienone is 2. The Bertz CT molecular complexity index is 712. The Hall–Kier alpha value is -2.02. The van der Waals surface area contributed by atoms with Crippen LogP contribution in [0.1, 0.15) is 47.4 Å². The monoisotopic (exact) mass is 275 g/mol. The molecule has 4 rings (SSSR count). The summed E-state index contributed by atoms with van der Waals surface area (Å²) >= 11 is 0. The molecular formula is C20H21N. The summed E-state index contributed by atoms with van der Waals surface area (Å²) in [5.41, 5.74) is 14.2. The third-order valence-corrected chi connectivity index (χ3v) is 4.96. The second-order valence-electron chi connectivity index (χ2n) is 6.31. The van der Waals surface area contributed by atoms with Crippen molar-refractivity contribution in [3.05, 3.63) is 70.8 Å². The van der Waals surface area contributed by atoms with E-state index in [2.05, 4.69) is 42.5 Å². The smallest absolute Gasteiger partial charge is 0.0317 e. The molecule has 21 heavy (non-hydrogen) atoms. The summed E-state index contributed by atoms with van der Waals surface area (Å²) in [4.78, 5) is 0. The molecule has 2 aromatic carbocycles. The van der Waals surface area contributed by atoms with Crippen molar-refractivity contribution in [2.75, 3.05) is 5.73 Å². The number of anilines is 1. The molecule has 1 unspecified atom stereocenters. The second-order valence-corrected chi connectivity index (χ2v) is 6.31. The average Bonchev–Trinajstić information content (AvgIpc) is 2.90. The Kier molecular flexibility index (Phi) is 3.07. The highest BCUT2D eigenvalue weighted by molar-refractivity contribution is 5.75. The lowest BCUT2D eigenvalue weighted by Crippen LogP contribution is -2.07. The maximum absolute atomic E-state index is 5.90. The van der Waals surface area contributed by atoms with Crippen LogP contribution in [0.4, 0.5) is 5.69 Å². The van der Waals surface area contributed by atoms with E-state index in [1.54, 1.807) is 11.1 Å². The number of aryl methyl sites for hydroxylation is 2. The summed E-state index contributed by atoms with van der Waals surface area (Å²) in [7, 11) is 0. The summed E-state index contributed by atoms with van der Waals surface area (Å²) < 4.78 is 0. The van der Waals surface area contributed by atoms with Crippen LogP contribution in [0.15, 0.2) is 48.5 Å². The van der Waals surface area contributed by atoms with Crippen molar-refractivity contribution in [2.24, 2.45) is 0 Å². The highest BCUT2D eigenvalue weighted by Gasteiger charge is 2.21. The lowest BCUT2D eigenvalue weighted by molar-refractivity contribution is 0.629. The van der Waals surface area contributed by atoms with Crippen molar-refractivity contribution in [3.8, 4) is 0 Å². The molecule has 0 saturated carbocycles. The van der Waals surface area contributed by atoms with Crippen molar-refractivity contribution < 1.29 is 0 Å². The van der Waals surface area contributed by atoms with Crippen LogP contribution in [-0.2, 0) is 12.8 Å². The van der Waals surface area contributed by atoms with Crippen molar-refractivity contribution in [1.29, 1.82) is 0 Å². The number of hydrogen-bond acceptors (Lipinski definition) is 1. The van der Waals surface area contributed by atoms with Crippen LogP contribution in [-0.4, -0.2) is 0 Å². The van der Waals surface area contributed by atoms with E-state index in [1.165, 1.54) is 36.0 Å². The van der Waals surface area contributed by atoms with Gasteiger partial charge in [-0.05, 0) is 72.1 Å². The summed E-state index contributed by atoms with van der Waals surface area (Å²) in [5.74, 6) is 0.591. The molecule has 0 aromatic heterocycles. The first-order valence-electron chi connectivity index (χ1n) is 7.98. The van der Waals surface area contributed by atoms with Gasteiger partial charge in [0.05, 0.1) is 0 Å². The molecule has 2 aromatic rings. The molecule has 0 radical (unpaired) electrons. The molecule has 0 saturated heterocycles. The third kappa shape index (κ3) is 2.27. The predicted molar refractivity (Wildman–Crippen MR) is 89.3 cm³/mol. The third-order valence-electron chi connectivity index (χ3n) is 4.96. The van der Waals surface area contributed by atoms with E-state index in [-0.39, 0.29) is 0 Å².